The molecule has 0 aliphatic carbocycles. The molecule has 0 aromatic heterocycles. The molecule has 6 heteroatoms. The lowest BCUT2D eigenvalue weighted by atomic mass is 10.1. The molecule has 0 radical (unpaired) electrons. The molecule has 0 fully saturated rings. The average molecular weight is 458 g/mol. The van der Waals surface area contributed by atoms with E-state index in [4.69, 9.17) is 0 Å². The number of benzene rings is 1. The summed E-state index contributed by atoms with van der Waals surface area (Å²) in [6, 6.07) is 7.68. The van der Waals surface area contributed by atoms with Crippen LogP contribution in [0.4, 0.5) is 0 Å². The number of hydrogen-bond donors (Lipinski definition) is 2. The maximum atomic E-state index is 12.0. The second kappa shape index (κ2) is 13.7. The van der Waals surface area contributed by atoms with Crippen molar-refractivity contribution >= 4 is 35.8 Å². The van der Waals surface area contributed by atoms with E-state index in [1.807, 2.05) is 44.3 Å². The number of nitrogens with zero attached hydrogens (tertiary/aromatic N) is 2. The van der Waals surface area contributed by atoms with Gasteiger partial charge in [-0.25, -0.2) is 0 Å². The molecule has 0 bridgehead atoms. The number of guanidine groups is 1. The summed E-state index contributed by atoms with van der Waals surface area (Å²) in [7, 11) is 3.80. The van der Waals surface area contributed by atoms with Crippen LogP contribution in [0.25, 0.3) is 0 Å². The number of rotatable bonds is 9. The fraction of sp³-hybridized carbons (Fsp3) is 0.474. The molecule has 1 aromatic carbocycles. The van der Waals surface area contributed by atoms with Crippen LogP contribution >= 0.6 is 24.0 Å². The number of unbranched alkanes of at least 4 members (excludes halogenated alkanes) is 1. The number of carbonyl (C=O) groups is 1. The zero-order valence-corrected chi connectivity index (χ0v) is 17.9. The summed E-state index contributed by atoms with van der Waals surface area (Å²) in [5.74, 6) is 0.824. The van der Waals surface area contributed by atoms with Gasteiger partial charge >= 0.3 is 0 Å². The van der Waals surface area contributed by atoms with Crippen LogP contribution in [0.2, 0.25) is 0 Å². The van der Waals surface area contributed by atoms with Gasteiger partial charge in [-0.15, -0.1) is 30.6 Å². The fourth-order valence-corrected chi connectivity index (χ4v) is 2.31. The van der Waals surface area contributed by atoms with Crippen molar-refractivity contribution in [2.45, 2.75) is 32.7 Å². The average Bonchev–Trinajstić information content (AvgIpc) is 2.60. The summed E-state index contributed by atoms with van der Waals surface area (Å²) in [6.45, 7) is 8.03. The van der Waals surface area contributed by atoms with Crippen LogP contribution in [0.5, 0.6) is 0 Å². The molecule has 0 unspecified atom stereocenters. The summed E-state index contributed by atoms with van der Waals surface area (Å²) >= 11 is 0. The monoisotopic (exact) mass is 458 g/mol. The van der Waals surface area contributed by atoms with Crippen LogP contribution < -0.4 is 10.6 Å². The van der Waals surface area contributed by atoms with Gasteiger partial charge in [0.25, 0.3) is 5.91 Å². The molecule has 0 atom stereocenters. The van der Waals surface area contributed by atoms with E-state index in [0.29, 0.717) is 18.7 Å². The van der Waals surface area contributed by atoms with E-state index in [-0.39, 0.29) is 29.9 Å². The number of carbonyl (C=O) groups excluding carboxylic acids is 1. The van der Waals surface area contributed by atoms with Crippen molar-refractivity contribution in [1.82, 2.24) is 15.5 Å². The molecule has 0 saturated heterocycles. The van der Waals surface area contributed by atoms with Crippen LogP contribution in [-0.4, -0.2) is 44.0 Å². The Labute approximate surface area is 169 Å². The minimum Gasteiger partial charge on any atom is -0.352 e. The first-order valence-corrected chi connectivity index (χ1v) is 8.52. The van der Waals surface area contributed by atoms with E-state index >= 15 is 0 Å². The zero-order chi connectivity index (χ0) is 17.8. The van der Waals surface area contributed by atoms with Crippen molar-refractivity contribution in [3.05, 3.63) is 48.0 Å². The minimum absolute atomic E-state index is 0. The van der Waals surface area contributed by atoms with Crippen molar-refractivity contribution in [2.24, 2.45) is 4.99 Å². The van der Waals surface area contributed by atoms with Gasteiger partial charge < -0.3 is 15.5 Å². The second-order valence-corrected chi connectivity index (χ2v) is 5.71. The Morgan fingerprint density at radius 3 is 2.76 bits per heavy atom. The first kappa shape index (κ1) is 23.4. The predicted molar refractivity (Wildman–Crippen MR) is 117 cm³/mol. The van der Waals surface area contributed by atoms with Gasteiger partial charge in [-0.05, 0) is 37.0 Å². The Morgan fingerprint density at radius 1 is 1.36 bits per heavy atom. The minimum atomic E-state index is -0.0235. The third kappa shape index (κ3) is 8.90. The van der Waals surface area contributed by atoms with Gasteiger partial charge in [-0.1, -0.05) is 25.1 Å². The maximum absolute atomic E-state index is 12.0. The summed E-state index contributed by atoms with van der Waals surface area (Å²) in [6.07, 6.45) is 4.91. The molecule has 1 amide bonds. The zero-order valence-electron chi connectivity index (χ0n) is 15.5. The SMILES string of the molecule is C=CCCCN(C)C(=NC)NCc1cccc(C(=O)NCCC)c1.I. The highest BCUT2D eigenvalue weighted by atomic mass is 127. The molecule has 1 rings (SSSR count). The van der Waals surface area contributed by atoms with Crippen LogP contribution in [0, 0.1) is 0 Å². The molecule has 0 saturated carbocycles. The lowest BCUT2D eigenvalue weighted by molar-refractivity contribution is 0.0953. The summed E-state index contributed by atoms with van der Waals surface area (Å²) in [5, 5.41) is 6.24. The van der Waals surface area contributed by atoms with Gasteiger partial charge in [-0.2, -0.15) is 0 Å². The Hall–Kier alpha value is -1.57. The Bertz CT molecular complexity index is 560. The van der Waals surface area contributed by atoms with E-state index in [1.165, 1.54) is 0 Å². The first-order chi connectivity index (χ1) is 11.6. The van der Waals surface area contributed by atoms with Gasteiger partial charge in [-0.3, -0.25) is 9.79 Å². The van der Waals surface area contributed by atoms with Gasteiger partial charge in [0.2, 0.25) is 0 Å². The maximum Gasteiger partial charge on any atom is 0.251 e. The molecule has 0 aliphatic rings. The second-order valence-electron chi connectivity index (χ2n) is 5.71. The van der Waals surface area contributed by atoms with Gasteiger partial charge in [0.15, 0.2) is 5.96 Å². The number of aliphatic imine (C=N–C) groups is 1. The third-order valence-corrected chi connectivity index (χ3v) is 3.65. The molecule has 0 aliphatic heterocycles. The van der Waals surface area contributed by atoms with Crippen LogP contribution in [0.3, 0.4) is 0 Å². The standard InChI is InChI=1S/C19H30N4O.HI/c1-5-7-8-13-23(4)19(20-3)22-15-16-10-9-11-17(14-16)18(24)21-12-6-2;/h5,9-11,14H,1,6-8,12-13,15H2,2-4H3,(H,20,22)(H,21,24);1H. The summed E-state index contributed by atoms with van der Waals surface area (Å²) < 4.78 is 0. The van der Waals surface area contributed by atoms with Crippen LogP contribution in [0.1, 0.15) is 42.1 Å². The normalized spacial score (nSPS) is 10.6. The number of halogens is 1. The number of nitrogens with one attached hydrogen (secondary N) is 2. The largest absolute Gasteiger partial charge is 0.352 e. The molecule has 1 aromatic rings. The van der Waals surface area contributed by atoms with Crippen molar-refractivity contribution < 1.29 is 4.79 Å². The molecular weight excluding hydrogens is 427 g/mol. The number of hydrogen-bond acceptors (Lipinski definition) is 2. The molecule has 140 valence electrons. The highest BCUT2D eigenvalue weighted by Gasteiger charge is 2.07. The van der Waals surface area contributed by atoms with E-state index in [1.54, 1.807) is 7.05 Å². The molecule has 25 heavy (non-hydrogen) atoms. The van der Waals surface area contributed by atoms with E-state index in [9.17, 15) is 4.79 Å². The molecule has 2 N–H and O–H groups in total. The van der Waals surface area contributed by atoms with Crippen molar-refractivity contribution in [2.75, 3.05) is 27.2 Å². The Kier molecular flexibility index (Phi) is 12.8. The molecular formula is C19H31IN4O. The van der Waals surface area contributed by atoms with Crippen molar-refractivity contribution in [3.8, 4) is 0 Å². The quantitative estimate of drug-likeness (QED) is 0.196. The highest BCUT2D eigenvalue weighted by Crippen LogP contribution is 2.06. The van der Waals surface area contributed by atoms with E-state index in [2.05, 4.69) is 27.1 Å². The van der Waals surface area contributed by atoms with Crippen LogP contribution in [-0.2, 0) is 6.54 Å². The summed E-state index contributed by atoms with van der Waals surface area (Å²) in [5.41, 5.74) is 1.75. The Balaban J connectivity index is 0.00000576. The lowest BCUT2D eigenvalue weighted by Gasteiger charge is -2.22. The predicted octanol–water partition coefficient (Wildman–Crippen LogP) is 3.42. The van der Waals surface area contributed by atoms with Crippen molar-refractivity contribution in [3.63, 3.8) is 0 Å². The van der Waals surface area contributed by atoms with E-state index in [0.717, 1.165) is 37.3 Å². The topological polar surface area (TPSA) is 56.7 Å². The number of allylic oxidation sites excluding steroid dienone is 1. The lowest BCUT2D eigenvalue weighted by Crippen LogP contribution is -2.39. The van der Waals surface area contributed by atoms with Gasteiger partial charge in [0.05, 0.1) is 0 Å². The third-order valence-electron chi connectivity index (χ3n) is 3.65. The van der Waals surface area contributed by atoms with Crippen molar-refractivity contribution in [1.29, 1.82) is 0 Å². The Morgan fingerprint density at radius 2 is 2.12 bits per heavy atom. The molecule has 5 nitrogen and oxygen atoms in total. The van der Waals surface area contributed by atoms with Crippen LogP contribution in [0.15, 0.2) is 41.9 Å². The smallest absolute Gasteiger partial charge is 0.251 e. The first-order valence-electron chi connectivity index (χ1n) is 8.52. The highest BCUT2D eigenvalue weighted by molar-refractivity contribution is 14.0. The van der Waals surface area contributed by atoms with Gasteiger partial charge in [0, 0.05) is 39.3 Å². The molecule has 0 heterocycles. The number of amides is 1. The fourth-order valence-electron chi connectivity index (χ4n) is 2.31. The van der Waals surface area contributed by atoms with Gasteiger partial charge in [0.1, 0.15) is 0 Å². The van der Waals surface area contributed by atoms with E-state index < -0.39 is 0 Å². The molecule has 0 spiro atoms. The summed E-state index contributed by atoms with van der Waals surface area (Å²) in [4.78, 5) is 18.4.